The third-order valence-electron chi connectivity index (χ3n) is 2.63. The summed E-state index contributed by atoms with van der Waals surface area (Å²) >= 11 is 4.61. The number of nitrogens with zero attached hydrogens (tertiary/aromatic N) is 1. The predicted molar refractivity (Wildman–Crippen MR) is 68.8 cm³/mol. The summed E-state index contributed by atoms with van der Waals surface area (Å²) in [6.45, 7) is 4.84. The first kappa shape index (κ1) is 13.8. The van der Waals surface area contributed by atoms with Crippen molar-refractivity contribution >= 4 is 27.2 Å². The van der Waals surface area contributed by atoms with Crippen molar-refractivity contribution in [2.45, 2.75) is 25.8 Å². The van der Waals surface area contributed by atoms with Crippen molar-refractivity contribution in [2.75, 3.05) is 25.4 Å². The molecule has 3 N–H and O–H groups in total. The first-order chi connectivity index (χ1) is 7.43. The maximum absolute atomic E-state index is 11.6. The Morgan fingerprint density at radius 3 is 2.88 bits per heavy atom. The van der Waals surface area contributed by atoms with Crippen molar-refractivity contribution in [3.05, 3.63) is 0 Å². The molecule has 94 valence electrons. The highest BCUT2D eigenvalue weighted by atomic mass is 32.2. The van der Waals surface area contributed by atoms with Gasteiger partial charge in [-0.2, -0.15) is 0 Å². The highest BCUT2D eigenvalue weighted by molar-refractivity contribution is 7.92. The van der Waals surface area contributed by atoms with Gasteiger partial charge >= 0.3 is 0 Å². The second-order valence-electron chi connectivity index (χ2n) is 4.08. The molecule has 1 unspecified atom stereocenters. The van der Waals surface area contributed by atoms with E-state index in [1.54, 1.807) is 0 Å². The van der Waals surface area contributed by atoms with E-state index in [2.05, 4.69) is 28.8 Å². The van der Waals surface area contributed by atoms with Crippen LogP contribution in [0.15, 0.2) is 0 Å². The molecule has 1 saturated heterocycles. The normalized spacial score (nSPS) is 23.2. The summed E-state index contributed by atoms with van der Waals surface area (Å²) in [6, 6.07) is -0.00644. The molecule has 1 aliphatic heterocycles. The first-order valence-electron chi connectivity index (χ1n) is 5.43. The molecule has 16 heavy (non-hydrogen) atoms. The fourth-order valence-corrected chi connectivity index (χ4v) is 3.55. The Balaban J connectivity index is 2.50. The highest BCUT2D eigenvalue weighted by Gasteiger charge is 2.23. The van der Waals surface area contributed by atoms with Crippen LogP contribution in [0.4, 0.5) is 0 Å². The van der Waals surface area contributed by atoms with E-state index in [1.165, 1.54) is 0 Å². The molecule has 5 nitrogen and oxygen atoms in total. The Kier molecular flexibility index (Phi) is 5.10. The molecule has 1 rings (SSSR count). The van der Waals surface area contributed by atoms with E-state index in [9.17, 15) is 8.42 Å². The van der Waals surface area contributed by atoms with E-state index in [0.717, 1.165) is 32.5 Å². The molecule has 1 aliphatic rings. The molecule has 0 radical (unpaired) electrons. The van der Waals surface area contributed by atoms with Gasteiger partial charge in [-0.25, -0.2) is 13.1 Å². The molecular formula is C9H19N3O2S2. The standard InChI is InChI=1S/C9H19N3O2S2/c1-2-12-5-3-4-8(6-12)11-16(13,14)7-9(10)15/h8,11H,2-7H2,1H3,(H2,10,15). The summed E-state index contributed by atoms with van der Waals surface area (Å²) in [6.07, 6.45) is 1.90. The molecule has 0 amide bonds. The van der Waals surface area contributed by atoms with Gasteiger partial charge in [0.25, 0.3) is 0 Å². The Labute approximate surface area is 102 Å². The van der Waals surface area contributed by atoms with Crippen molar-refractivity contribution in [3.8, 4) is 0 Å². The first-order valence-corrected chi connectivity index (χ1v) is 7.49. The fraction of sp³-hybridized carbons (Fsp3) is 0.889. The number of nitrogens with one attached hydrogen (secondary N) is 1. The second kappa shape index (κ2) is 5.90. The summed E-state index contributed by atoms with van der Waals surface area (Å²) in [5.74, 6) is -0.259. The predicted octanol–water partition coefficient (Wildman–Crippen LogP) is -0.324. The molecule has 1 fully saturated rings. The summed E-state index contributed by atoms with van der Waals surface area (Å²) in [5, 5.41) is 0. The summed E-state index contributed by atoms with van der Waals surface area (Å²) in [4.78, 5) is 2.24. The van der Waals surface area contributed by atoms with Crippen LogP contribution in [-0.2, 0) is 10.0 Å². The number of hydrogen-bond donors (Lipinski definition) is 2. The van der Waals surface area contributed by atoms with E-state index < -0.39 is 10.0 Å². The van der Waals surface area contributed by atoms with Gasteiger partial charge in [0.15, 0.2) is 0 Å². The van der Waals surface area contributed by atoms with Crippen LogP contribution in [0.1, 0.15) is 19.8 Å². The number of likely N-dealkylation sites (tertiary alicyclic amines) is 1. The Bertz CT molecular complexity index is 343. The van der Waals surface area contributed by atoms with Gasteiger partial charge in [0.1, 0.15) is 5.75 Å². The average Bonchev–Trinajstić information content (AvgIpc) is 2.15. The van der Waals surface area contributed by atoms with E-state index in [0.29, 0.717) is 0 Å². The van der Waals surface area contributed by atoms with Crippen molar-refractivity contribution in [2.24, 2.45) is 5.73 Å². The fourth-order valence-electron chi connectivity index (χ4n) is 1.92. The quantitative estimate of drug-likeness (QED) is 0.666. The Hall–Kier alpha value is -0.240. The number of rotatable bonds is 5. The minimum Gasteiger partial charge on any atom is -0.392 e. The topological polar surface area (TPSA) is 75.4 Å². The van der Waals surface area contributed by atoms with Crippen LogP contribution in [0.2, 0.25) is 0 Å². The zero-order valence-corrected chi connectivity index (χ0v) is 11.1. The highest BCUT2D eigenvalue weighted by Crippen LogP contribution is 2.10. The van der Waals surface area contributed by atoms with Gasteiger partial charge in [0.05, 0.1) is 4.99 Å². The number of nitrogens with two attached hydrogens (primary N) is 1. The van der Waals surface area contributed by atoms with Gasteiger partial charge < -0.3 is 10.6 Å². The minimum absolute atomic E-state index is 0.00644. The third kappa shape index (κ3) is 4.73. The lowest BCUT2D eigenvalue weighted by Gasteiger charge is -2.31. The van der Waals surface area contributed by atoms with Gasteiger partial charge in [-0.3, -0.25) is 0 Å². The smallest absolute Gasteiger partial charge is 0.218 e. The lowest BCUT2D eigenvalue weighted by molar-refractivity contribution is 0.211. The SMILES string of the molecule is CCN1CCCC(NS(=O)(=O)CC(N)=S)C1. The van der Waals surface area contributed by atoms with Crippen LogP contribution >= 0.6 is 12.2 Å². The zero-order valence-electron chi connectivity index (χ0n) is 9.48. The molecule has 0 bridgehead atoms. The van der Waals surface area contributed by atoms with Gasteiger partial charge in [-0.1, -0.05) is 19.1 Å². The van der Waals surface area contributed by atoms with Gasteiger partial charge in [0.2, 0.25) is 10.0 Å². The average molecular weight is 265 g/mol. The molecule has 0 aromatic heterocycles. The van der Waals surface area contributed by atoms with Crippen LogP contribution in [0.3, 0.4) is 0 Å². The third-order valence-corrected chi connectivity index (χ3v) is 4.34. The van der Waals surface area contributed by atoms with E-state index in [4.69, 9.17) is 5.73 Å². The second-order valence-corrected chi connectivity index (χ2v) is 6.35. The molecule has 0 aromatic rings. The summed E-state index contributed by atoms with van der Waals surface area (Å²) < 4.78 is 25.9. The number of hydrogen-bond acceptors (Lipinski definition) is 4. The molecule has 1 heterocycles. The van der Waals surface area contributed by atoms with Crippen LogP contribution in [0.5, 0.6) is 0 Å². The molecule has 0 saturated carbocycles. The molecule has 0 spiro atoms. The molecule has 1 atom stereocenters. The Morgan fingerprint density at radius 1 is 1.62 bits per heavy atom. The monoisotopic (exact) mass is 265 g/mol. The van der Waals surface area contributed by atoms with E-state index in [-0.39, 0.29) is 16.8 Å². The van der Waals surface area contributed by atoms with Crippen LogP contribution < -0.4 is 10.5 Å². The number of likely N-dealkylation sites (N-methyl/N-ethyl adjacent to an activating group) is 1. The van der Waals surface area contributed by atoms with Crippen LogP contribution in [-0.4, -0.2) is 49.7 Å². The minimum atomic E-state index is -3.35. The molecule has 0 aliphatic carbocycles. The van der Waals surface area contributed by atoms with Crippen molar-refractivity contribution in [1.82, 2.24) is 9.62 Å². The summed E-state index contributed by atoms with van der Waals surface area (Å²) in [5.41, 5.74) is 5.24. The molecule has 7 heteroatoms. The van der Waals surface area contributed by atoms with Crippen LogP contribution in [0, 0.1) is 0 Å². The maximum atomic E-state index is 11.6. The molecule has 0 aromatic carbocycles. The van der Waals surface area contributed by atoms with E-state index in [1.807, 2.05) is 0 Å². The van der Waals surface area contributed by atoms with Crippen molar-refractivity contribution in [1.29, 1.82) is 0 Å². The lowest BCUT2D eigenvalue weighted by atomic mass is 10.1. The molecular weight excluding hydrogens is 246 g/mol. The summed E-state index contributed by atoms with van der Waals surface area (Å²) in [7, 11) is -3.35. The largest absolute Gasteiger partial charge is 0.392 e. The zero-order chi connectivity index (χ0) is 12.2. The Morgan fingerprint density at radius 2 is 2.31 bits per heavy atom. The van der Waals surface area contributed by atoms with Crippen LogP contribution in [0.25, 0.3) is 0 Å². The van der Waals surface area contributed by atoms with Gasteiger partial charge in [-0.15, -0.1) is 0 Å². The number of sulfonamides is 1. The van der Waals surface area contributed by atoms with E-state index >= 15 is 0 Å². The maximum Gasteiger partial charge on any atom is 0.218 e. The van der Waals surface area contributed by atoms with Gasteiger partial charge in [0, 0.05) is 12.6 Å². The van der Waals surface area contributed by atoms with Crippen molar-refractivity contribution in [3.63, 3.8) is 0 Å². The van der Waals surface area contributed by atoms with Gasteiger partial charge in [-0.05, 0) is 25.9 Å². The number of piperidine rings is 1. The lowest BCUT2D eigenvalue weighted by Crippen LogP contribution is -2.48. The van der Waals surface area contributed by atoms with Crippen molar-refractivity contribution < 1.29 is 8.42 Å². The number of thiocarbonyl (C=S) groups is 1.